The van der Waals surface area contributed by atoms with Gasteiger partial charge in [-0.1, -0.05) is 6.07 Å². The van der Waals surface area contributed by atoms with Crippen LogP contribution in [0.1, 0.15) is 16.6 Å². The lowest BCUT2D eigenvalue weighted by Crippen LogP contribution is -2.23. The summed E-state index contributed by atoms with van der Waals surface area (Å²) in [5, 5.41) is 1.54. The molecule has 1 aliphatic heterocycles. The Morgan fingerprint density at radius 1 is 1.38 bits per heavy atom. The van der Waals surface area contributed by atoms with E-state index in [1.54, 1.807) is 17.6 Å². The van der Waals surface area contributed by atoms with Crippen LogP contribution in [0, 0.1) is 0 Å². The highest BCUT2D eigenvalue weighted by atomic mass is 32.2. The number of thioether (sulfide) groups is 1. The van der Waals surface area contributed by atoms with Gasteiger partial charge in [0, 0.05) is 16.8 Å². The summed E-state index contributed by atoms with van der Waals surface area (Å²) in [6.07, 6.45) is 0. The summed E-state index contributed by atoms with van der Waals surface area (Å²) >= 11 is 2.91. The molecule has 7 N–H and O–H groups in total. The van der Waals surface area contributed by atoms with Gasteiger partial charge in [-0.25, -0.2) is 18.4 Å². The molecule has 12 heteroatoms. The van der Waals surface area contributed by atoms with Crippen molar-refractivity contribution in [2.45, 2.75) is 10.3 Å². The third-order valence-corrected chi connectivity index (χ3v) is 6.49. The summed E-state index contributed by atoms with van der Waals surface area (Å²) in [4.78, 5) is 12.9. The number of nitrogens with two attached hydrogens (primary N) is 3. The maximum absolute atomic E-state index is 12.1. The van der Waals surface area contributed by atoms with Crippen LogP contribution in [-0.2, 0) is 10.0 Å². The molecule has 0 spiro atoms. The predicted molar refractivity (Wildman–Crippen MR) is 106 cm³/mol. The van der Waals surface area contributed by atoms with Crippen LogP contribution in [0.4, 0.5) is 5.69 Å². The van der Waals surface area contributed by atoms with Crippen LogP contribution >= 0.6 is 23.1 Å². The van der Waals surface area contributed by atoms with E-state index in [1.165, 1.54) is 29.2 Å². The average molecular weight is 412 g/mol. The largest absolute Gasteiger partial charge is 0.398 e. The lowest BCUT2D eigenvalue weighted by atomic mass is 10.1. The van der Waals surface area contributed by atoms with E-state index >= 15 is 0 Å². The molecule has 2 aromatic rings. The van der Waals surface area contributed by atoms with Crippen molar-refractivity contribution in [3.63, 3.8) is 0 Å². The fourth-order valence-corrected chi connectivity index (χ4v) is 5.21. The zero-order valence-electron chi connectivity index (χ0n) is 13.5. The fourth-order valence-electron chi connectivity index (χ4n) is 2.36. The monoisotopic (exact) mass is 411 g/mol. The first kappa shape index (κ1) is 18.5. The van der Waals surface area contributed by atoms with Crippen molar-refractivity contribution in [2.24, 2.45) is 21.5 Å². The smallest absolute Gasteiger partial charge is 0.263 e. The van der Waals surface area contributed by atoms with E-state index in [-0.39, 0.29) is 22.1 Å². The SMILES string of the molecule is NC(N)=NC(SCCN=C1NS(=O)(=O)c2cccc(N)c21)c1cscn1. The number of hydrogen-bond donors (Lipinski definition) is 4. The Labute approximate surface area is 158 Å². The number of aromatic nitrogens is 1. The highest BCUT2D eigenvalue weighted by Crippen LogP contribution is 2.30. The Balaban J connectivity index is 1.71. The Morgan fingerprint density at radius 3 is 2.88 bits per heavy atom. The van der Waals surface area contributed by atoms with Crippen molar-refractivity contribution in [3.05, 3.63) is 40.3 Å². The molecule has 0 fully saturated rings. The number of sulfonamides is 1. The quantitative estimate of drug-likeness (QED) is 0.232. The second-order valence-electron chi connectivity index (χ2n) is 5.25. The zero-order valence-corrected chi connectivity index (χ0v) is 15.9. The molecule has 9 nitrogen and oxygen atoms in total. The molecule has 1 aromatic heterocycles. The second-order valence-corrected chi connectivity index (χ2v) is 8.80. The van der Waals surface area contributed by atoms with Crippen LogP contribution in [0.25, 0.3) is 0 Å². The van der Waals surface area contributed by atoms with Gasteiger partial charge in [-0.15, -0.1) is 23.1 Å². The van der Waals surface area contributed by atoms with Gasteiger partial charge in [0.25, 0.3) is 10.0 Å². The molecule has 2 heterocycles. The number of fused-ring (bicyclic) bond motifs is 1. The van der Waals surface area contributed by atoms with E-state index in [4.69, 9.17) is 17.2 Å². The van der Waals surface area contributed by atoms with Crippen molar-refractivity contribution >= 4 is 50.6 Å². The molecule has 0 saturated carbocycles. The summed E-state index contributed by atoms with van der Waals surface area (Å²) in [6.45, 7) is 0.358. The first-order valence-electron chi connectivity index (χ1n) is 7.43. The van der Waals surface area contributed by atoms with E-state index in [9.17, 15) is 8.42 Å². The lowest BCUT2D eigenvalue weighted by Gasteiger charge is -2.09. The first-order chi connectivity index (χ1) is 12.4. The number of thiazole rings is 1. The highest BCUT2D eigenvalue weighted by molar-refractivity contribution is 7.99. The van der Waals surface area contributed by atoms with E-state index in [0.717, 1.165) is 5.69 Å². The summed E-state index contributed by atoms with van der Waals surface area (Å²) in [7, 11) is -3.61. The molecular weight excluding hydrogens is 394 g/mol. The molecular formula is C14H17N7O2S3. The minimum Gasteiger partial charge on any atom is -0.398 e. The molecule has 26 heavy (non-hydrogen) atoms. The first-order valence-corrected chi connectivity index (χ1v) is 10.9. The van der Waals surface area contributed by atoms with Gasteiger partial charge in [-0.3, -0.25) is 9.71 Å². The summed E-state index contributed by atoms with van der Waals surface area (Å²) in [5.41, 5.74) is 20.1. The molecule has 1 atom stereocenters. The standard InChI is InChI=1S/C14H17N7O2S3/c15-8-2-1-3-10-11(8)12(21-26(10,22)23)18-4-5-25-13(20-14(16)17)9-6-24-7-19-9/h1-3,6-7,13H,4-5,15H2,(H,18,21)(H4,16,17,20). The minimum absolute atomic E-state index is 0.0212. The molecule has 0 amide bonds. The van der Waals surface area contributed by atoms with Crippen LogP contribution < -0.4 is 21.9 Å². The van der Waals surface area contributed by atoms with Crippen LogP contribution in [0.3, 0.4) is 0 Å². The number of amidine groups is 1. The van der Waals surface area contributed by atoms with Gasteiger partial charge in [0.05, 0.1) is 23.3 Å². The predicted octanol–water partition coefficient (Wildman–Crippen LogP) is 0.469. The third-order valence-electron chi connectivity index (χ3n) is 3.42. The van der Waals surface area contributed by atoms with Gasteiger partial charge >= 0.3 is 0 Å². The number of hydrogen-bond acceptors (Lipinski definition) is 8. The maximum Gasteiger partial charge on any atom is 0.263 e. The molecule has 1 unspecified atom stereocenters. The van der Waals surface area contributed by atoms with Gasteiger partial charge in [0.2, 0.25) is 0 Å². The van der Waals surface area contributed by atoms with E-state index in [1.807, 2.05) is 5.38 Å². The van der Waals surface area contributed by atoms with Crippen LogP contribution in [0.5, 0.6) is 0 Å². The minimum atomic E-state index is -3.61. The van der Waals surface area contributed by atoms with Gasteiger partial charge < -0.3 is 17.2 Å². The van der Waals surface area contributed by atoms with Gasteiger partial charge in [0.15, 0.2) is 5.96 Å². The third kappa shape index (κ3) is 3.92. The zero-order chi connectivity index (χ0) is 18.7. The van der Waals surface area contributed by atoms with Gasteiger partial charge in [-0.2, -0.15) is 0 Å². The number of nitrogen functional groups attached to an aromatic ring is 1. The summed E-state index contributed by atoms with van der Waals surface area (Å²) in [6, 6.07) is 4.74. The Kier molecular flexibility index (Phi) is 5.34. The molecule has 0 radical (unpaired) electrons. The molecule has 1 aliphatic rings. The molecule has 138 valence electrons. The van der Waals surface area contributed by atoms with E-state index < -0.39 is 10.0 Å². The molecule has 0 aliphatic carbocycles. The van der Waals surface area contributed by atoms with E-state index in [0.29, 0.717) is 23.5 Å². The normalized spacial score (nSPS) is 17.5. The van der Waals surface area contributed by atoms with Gasteiger partial charge in [0.1, 0.15) is 16.1 Å². The highest BCUT2D eigenvalue weighted by Gasteiger charge is 2.32. The van der Waals surface area contributed by atoms with Crippen molar-refractivity contribution in [2.75, 3.05) is 18.0 Å². The summed E-state index contributed by atoms with van der Waals surface area (Å²) < 4.78 is 26.7. The number of nitrogens with one attached hydrogen (secondary N) is 1. The molecule has 0 bridgehead atoms. The Morgan fingerprint density at radius 2 is 2.19 bits per heavy atom. The van der Waals surface area contributed by atoms with Crippen LogP contribution in [0.2, 0.25) is 0 Å². The number of anilines is 1. The summed E-state index contributed by atoms with van der Waals surface area (Å²) in [5.74, 6) is 0.796. The van der Waals surface area contributed by atoms with Gasteiger partial charge in [-0.05, 0) is 12.1 Å². The van der Waals surface area contributed by atoms with Crippen molar-refractivity contribution in [1.82, 2.24) is 9.71 Å². The maximum atomic E-state index is 12.1. The van der Waals surface area contributed by atoms with E-state index in [2.05, 4.69) is 19.7 Å². The average Bonchev–Trinajstić information content (AvgIpc) is 3.18. The van der Waals surface area contributed by atoms with Crippen molar-refractivity contribution < 1.29 is 8.42 Å². The topological polar surface area (TPSA) is 162 Å². The van der Waals surface area contributed by atoms with Crippen LogP contribution in [0.15, 0.2) is 44.0 Å². The number of guanidine groups is 1. The number of rotatable bonds is 6. The number of benzene rings is 1. The fraction of sp³-hybridized carbons (Fsp3) is 0.214. The lowest BCUT2D eigenvalue weighted by molar-refractivity contribution is 0.595. The van der Waals surface area contributed by atoms with Crippen molar-refractivity contribution in [1.29, 1.82) is 0 Å². The van der Waals surface area contributed by atoms with Crippen molar-refractivity contribution in [3.8, 4) is 0 Å². The molecule has 3 rings (SSSR count). The Hall–Kier alpha value is -2.31. The van der Waals surface area contributed by atoms with Crippen LogP contribution in [-0.4, -0.2) is 37.5 Å². The second kappa shape index (κ2) is 7.51. The number of nitrogens with zero attached hydrogens (tertiary/aromatic N) is 3. The molecule has 0 saturated heterocycles. The Bertz CT molecular complexity index is 951. The number of aliphatic imine (C=N–C) groups is 2. The molecule has 1 aromatic carbocycles.